The lowest BCUT2D eigenvalue weighted by Crippen LogP contribution is -1.97. The van der Waals surface area contributed by atoms with Gasteiger partial charge in [-0.1, -0.05) is 30.7 Å². The van der Waals surface area contributed by atoms with E-state index in [1.165, 1.54) is 22.8 Å². The van der Waals surface area contributed by atoms with Crippen molar-refractivity contribution in [2.24, 2.45) is 0 Å². The fourth-order valence-electron chi connectivity index (χ4n) is 2.87. The van der Waals surface area contributed by atoms with E-state index in [1.807, 2.05) is 6.92 Å². The van der Waals surface area contributed by atoms with Crippen LogP contribution in [0.25, 0.3) is 11.1 Å². The summed E-state index contributed by atoms with van der Waals surface area (Å²) in [4.78, 5) is 0. The fourth-order valence-corrected chi connectivity index (χ4v) is 3.20. The molecule has 1 aliphatic heterocycles. The molecule has 1 heterocycles. The van der Waals surface area contributed by atoms with E-state index >= 15 is 0 Å². The van der Waals surface area contributed by atoms with Crippen molar-refractivity contribution in [3.8, 4) is 11.1 Å². The van der Waals surface area contributed by atoms with Gasteiger partial charge in [0.2, 0.25) is 0 Å². The van der Waals surface area contributed by atoms with Crippen LogP contribution in [0.2, 0.25) is 5.02 Å². The molecule has 1 aliphatic rings. The third-order valence-corrected chi connectivity index (χ3v) is 4.24. The van der Waals surface area contributed by atoms with E-state index in [2.05, 4.69) is 19.1 Å². The van der Waals surface area contributed by atoms with E-state index in [9.17, 15) is 4.39 Å². The van der Waals surface area contributed by atoms with Crippen molar-refractivity contribution >= 4 is 11.6 Å². The molecule has 0 fully saturated rings. The molecule has 0 N–H and O–H groups in total. The first-order chi connectivity index (χ1) is 9.61. The summed E-state index contributed by atoms with van der Waals surface area (Å²) < 4.78 is 19.1. The van der Waals surface area contributed by atoms with Crippen LogP contribution in [0, 0.1) is 12.7 Å². The smallest absolute Gasteiger partial charge is 0.125 e. The van der Waals surface area contributed by atoms with E-state index in [0.29, 0.717) is 18.2 Å². The van der Waals surface area contributed by atoms with Gasteiger partial charge in [0.1, 0.15) is 5.82 Å². The molecule has 0 aliphatic carbocycles. The Morgan fingerprint density at radius 1 is 1.20 bits per heavy atom. The van der Waals surface area contributed by atoms with Crippen LogP contribution in [0.3, 0.4) is 0 Å². The predicted molar refractivity (Wildman–Crippen MR) is 79.5 cm³/mol. The van der Waals surface area contributed by atoms with Gasteiger partial charge in [0.15, 0.2) is 0 Å². The average Bonchev–Trinajstić information content (AvgIpc) is 2.90. The second-order valence-electron chi connectivity index (χ2n) is 5.16. The Morgan fingerprint density at radius 2 is 1.95 bits per heavy atom. The Hall–Kier alpha value is -1.38. The zero-order valence-electron chi connectivity index (χ0n) is 11.6. The zero-order chi connectivity index (χ0) is 14.3. The highest BCUT2D eigenvalue weighted by atomic mass is 35.5. The minimum Gasteiger partial charge on any atom is -0.372 e. The second-order valence-corrected chi connectivity index (χ2v) is 5.56. The van der Waals surface area contributed by atoms with Crippen LogP contribution in [0.15, 0.2) is 24.3 Å². The van der Waals surface area contributed by atoms with Gasteiger partial charge < -0.3 is 4.74 Å². The number of aryl methyl sites for hydroxylation is 2. The summed E-state index contributed by atoms with van der Waals surface area (Å²) >= 11 is 6.31. The highest BCUT2D eigenvalue weighted by Crippen LogP contribution is 2.39. The fraction of sp³-hybridized carbons (Fsp3) is 0.294. The molecule has 0 radical (unpaired) electrons. The van der Waals surface area contributed by atoms with Crippen molar-refractivity contribution in [1.29, 1.82) is 0 Å². The highest BCUT2D eigenvalue weighted by Gasteiger charge is 2.21. The van der Waals surface area contributed by atoms with Gasteiger partial charge in [0.25, 0.3) is 0 Å². The second kappa shape index (κ2) is 5.19. The Kier molecular flexibility index (Phi) is 3.53. The molecule has 2 aromatic rings. The minimum atomic E-state index is -0.282. The molecule has 3 heteroatoms. The maximum Gasteiger partial charge on any atom is 0.125 e. The molecule has 20 heavy (non-hydrogen) atoms. The lowest BCUT2D eigenvalue weighted by Gasteiger charge is -2.15. The van der Waals surface area contributed by atoms with Gasteiger partial charge in [0, 0.05) is 5.56 Å². The van der Waals surface area contributed by atoms with Crippen LogP contribution >= 0.6 is 11.6 Å². The Labute approximate surface area is 123 Å². The number of rotatable bonds is 2. The Bertz CT molecular complexity index is 679. The monoisotopic (exact) mass is 290 g/mol. The molecule has 3 rings (SSSR count). The largest absolute Gasteiger partial charge is 0.372 e. The average molecular weight is 291 g/mol. The van der Waals surface area contributed by atoms with E-state index < -0.39 is 0 Å². The van der Waals surface area contributed by atoms with Crippen LogP contribution in [-0.4, -0.2) is 0 Å². The topological polar surface area (TPSA) is 9.23 Å². The van der Waals surface area contributed by atoms with E-state index in [4.69, 9.17) is 16.3 Å². The van der Waals surface area contributed by atoms with Crippen molar-refractivity contribution in [2.45, 2.75) is 33.5 Å². The zero-order valence-corrected chi connectivity index (χ0v) is 12.4. The molecule has 0 atom stereocenters. The van der Waals surface area contributed by atoms with Crippen LogP contribution in [0.4, 0.5) is 4.39 Å². The van der Waals surface area contributed by atoms with Gasteiger partial charge in [-0.3, -0.25) is 0 Å². The lowest BCUT2D eigenvalue weighted by atomic mass is 9.90. The number of ether oxygens (including phenoxy) is 1. The summed E-state index contributed by atoms with van der Waals surface area (Å²) in [5, 5.41) is 0.472. The number of halogens is 2. The molecule has 2 aromatic carbocycles. The molecule has 0 saturated heterocycles. The third-order valence-electron chi connectivity index (χ3n) is 3.95. The van der Waals surface area contributed by atoms with Crippen LogP contribution in [-0.2, 0) is 24.4 Å². The number of benzene rings is 2. The Balaban J connectivity index is 2.27. The van der Waals surface area contributed by atoms with E-state index in [0.717, 1.165) is 23.1 Å². The van der Waals surface area contributed by atoms with Crippen LogP contribution < -0.4 is 0 Å². The van der Waals surface area contributed by atoms with E-state index in [-0.39, 0.29) is 5.82 Å². The summed E-state index contributed by atoms with van der Waals surface area (Å²) in [5.74, 6) is -0.282. The number of hydrogen-bond acceptors (Lipinski definition) is 1. The van der Waals surface area contributed by atoms with E-state index in [1.54, 1.807) is 6.07 Å². The number of hydrogen-bond donors (Lipinski definition) is 0. The molecular formula is C17H16ClFO. The highest BCUT2D eigenvalue weighted by molar-refractivity contribution is 6.33. The van der Waals surface area contributed by atoms with Crippen LogP contribution in [0.5, 0.6) is 0 Å². The van der Waals surface area contributed by atoms with Crippen molar-refractivity contribution in [3.05, 3.63) is 57.4 Å². The molecule has 0 saturated carbocycles. The van der Waals surface area contributed by atoms with Crippen LogP contribution in [0.1, 0.15) is 29.2 Å². The summed E-state index contributed by atoms with van der Waals surface area (Å²) in [5.41, 5.74) is 6.62. The molecule has 0 amide bonds. The minimum absolute atomic E-state index is 0.282. The standard InChI is InChI=1S/C17H16ClFO/c1-3-11-6-12(19)7-16(18)17(11)13-5-4-10(2)14-8-20-9-15(13)14/h4-7H,3,8-9H2,1-2H3. The maximum atomic E-state index is 13.5. The first-order valence-corrected chi connectivity index (χ1v) is 7.17. The normalized spacial score (nSPS) is 13.6. The summed E-state index contributed by atoms with van der Waals surface area (Å²) in [7, 11) is 0. The predicted octanol–water partition coefficient (Wildman–Crippen LogP) is 5.05. The third kappa shape index (κ3) is 2.13. The molecule has 0 aromatic heterocycles. The van der Waals surface area contributed by atoms with Crippen molar-refractivity contribution in [2.75, 3.05) is 0 Å². The van der Waals surface area contributed by atoms with Crippen molar-refractivity contribution in [1.82, 2.24) is 0 Å². The molecule has 1 nitrogen and oxygen atoms in total. The lowest BCUT2D eigenvalue weighted by molar-refractivity contribution is 0.134. The molecule has 0 bridgehead atoms. The maximum absolute atomic E-state index is 13.5. The quantitative estimate of drug-likeness (QED) is 0.752. The molecule has 0 unspecified atom stereocenters. The molecule has 104 valence electrons. The molecular weight excluding hydrogens is 275 g/mol. The van der Waals surface area contributed by atoms with Gasteiger partial charge in [-0.2, -0.15) is 0 Å². The van der Waals surface area contributed by atoms with Gasteiger partial charge >= 0.3 is 0 Å². The first-order valence-electron chi connectivity index (χ1n) is 6.79. The van der Waals surface area contributed by atoms with Gasteiger partial charge in [-0.15, -0.1) is 0 Å². The summed E-state index contributed by atoms with van der Waals surface area (Å²) in [6.07, 6.45) is 0.746. The van der Waals surface area contributed by atoms with Gasteiger partial charge in [0.05, 0.1) is 18.2 Å². The summed E-state index contributed by atoms with van der Waals surface area (Å²) in [6.45, 7) is 5.35. The van der Waals surface area contributed by atoms with Gasteiger partial charge in [-0.25, -0.2) is 4.39 Å². The summed E-state index contributed by atoms with van der Waals surface area (Å²) in [6, 6.07) is 7.12. The van der Waals surface area contributed by atoms with Crippen molar-refractivity contribution < 1.29 is 9.13 Å². The SMILES string of the molecule is CCc1cc(F)cc(Cl)c1-c1ccc(C)c2c1COC2. The van der Waals surface area contributed by atoms with Crippen molar-refractivity contribution in [3.63, 3.8) is 0 Å². The molecule has 0 spiro atoms. The first kappa shape index (κ1) is 13.6. The Morgan fingerprint density at radius 3 is 2.70 bits per heavy atom. The number of fused-ring (bicyclic) bond motifs is 1. The van der Waals surface area contributed by atoms with Gasteiger partial charge in [-0.05, 0) is 53.3 Å².